The zero-order valence-corrected chi connectivity index (χ0v) is 32.0. The lowest BCUT2D eigenvalue weighted by molar-refractivity contribution is -0.125. The second kappa shape index (κ2) is 15.7. The van der Waals surface area contributed by atoms with Crippen LogP contribution in [0.3, 0.4) is 0 Å². The van der Waals surface area contributed by atoms with Crippen LogP contribution in [0.1, 0.15) is 52.8 Å². The van der Waals surface area contributed by atoms with E-state index in [9.17, 15) is 14.4 Å². The van der Waals surface area contributed by atoms with E-state index in [1.54, 1.807) is 12.1 Å². The van der Waals surface area contributed by atoms with Crippen LogP contribution in [0, 0.1) is 5.92 Å². The molecule has 3 aliphatic heterocycles. The Morgan fingerprint density at radius 1 is 0.825 bits per heavy atom. The Bertz CT molecular complexity index is 2350. The van der Waals surface area contributed by atoms with Crippen LogP contribution in [0.4, 0.5) is 5.69 Å². The average Bonchev–Trinajstić information content (AvgIpc) is 3.61. The minimum Gasteiger partial charge on any atom is -0.474 e. The summed E-state index contributed by atoms with van der Waals surface area (Å²) in [5, 5.41) is 5.01. The van der Waals surface area contributed by atoms with E-state index in [0.717, 1.165) is 70.5 Å². The van der Waals surface area contributed by atoms with Crippen molar-refractivity contribution in [1.29, 1.82) is 0 Å². The number of aryl methyl sites for hydroxylation is 1. The normalized spacial score (nSPS) is 20.9. The van der Waals surface area contributed by atoms with Crippen LogP contribution in [-0.2, 0) is 26.1 Å². The average molecular weight is 771 g/mol. The van der Waals surface area contributed by atoms with Gasteiger partial charge in [0.2, 0.25) is 11.8 Å². The molecule has 3 fully saturated rings. The lowest BCUT2D eigenvalue weighted by atomic mass is 9.92. The summed E-state index contributed by atoms with van der Waals surface area (Å²) in [5.41, 5.74) is 6.67. The van der Waals surface area contributed by atoms with E-state index < -0.39 is 17.9 Å². The summed E-state index contributed by atoms with van der Waals surface area (Å²) < 4.78 is 25.9. The lowest BCUT2D eigenvalue weighted by Gasteiger charge is -2.41. The minimum absolute atomic E-state index is 0.0999. The monoisotopic (exact) mass is 770 g/mol. The molecule has 57 heavy (non-hydrogen) atoms. The molecule has 3 aromatic heterocycles. The number of hydrogen-bond acceptors (Lipinski definition) is 10. The molecule has 1 aliphatic carbocycles. The number of carbonyl (C=O) groups is 3. The predicted octanol–water partition coefficient (Wildman–Crippen LogP) is 5.66. The largest absolute Gasteiger partial charge is 0.474 e. The van der Waals surface area contributed by atoms with Gasteiger partial charge in [-0.1, -0.05) is 18.7 Å². The van der Waals surface area contributed by atoms with Gasteiger partial charge in [0.25, 0.3) is 11.8 Å². The number of amides is 3. The predicted molar refractivity (Wildman–Crippen MR) is 214 cm³/mol. The maximum Gasteiger partial charge on any atom is 0.262 e. The molecule has 4 aliphatic rings. The second-order valence-electron chi connectivity index (χ2n) is 15.4. The Morgan fingerprint density at radius 2 is 1.65 bits per heavy atom. The van der Waals surface area contributed by atoms with Crippen molar-refractivity contribution in [3.8, 4) is 17.0 Å². The molecule has 6 heterocycles. The van der Waals surface area contributed by atoms with Crippen molar-refractivity contribution in [2.24, 2.45) is 13.0 Å². The highest BCUT2D eigenvalue weighted by Crippen LogP contribution is 2.35. The maximum atomic E-state index is 13.2. The lowest BCUT2D eigenvalue weighted by Crippen LogP contribution is -2.51. The first-order chi connectivity index (χ1) is 27.8. The number of imide groups is 1. The van der Waals surface area contributed by atoms with Crippen LogP contribution in [0.5, 0.6) is 5.88 Å². The Labute approximate surface area is 330 Å². The summed E-state index contributed by atoms with van der Waals surface area (Å²) in [5.74, 6) is -0.176. The summed E-state index contributed by atoms with van der Waals surface area (Å²) in [4.78, 5) is 50.9. The number of allylic oxidation sites excluding steroid dienone is 1. The molecule has 1 saturated carbocycles. The summed E-state index contributed by atoms with van der Waals surface area (Å²) in [6, 6.07) is 17.1. The molecule has 2 aromatic carbocycles. The topological polar surface area (TPSA) is 137 Å². The number of piperidine rings is 1. The molecule has 1 N–H and O–H groups in total. The third kappa shape index (κ3) is 7.38. The Balaban J connectivity index is 0.618. The van der Waals surface area contributed by atoms with E-state index in [1.165, 1.54) is 5.39 Å². The quantitative estimate of drug-likeness (QED) is 0.105. The number of aromatic nitrogens is 3. The third-order valence-electron chi connectivity index (χ3n) is 11.6. The standard InChI is InChI=1S/C44H46N6O7/c1-27-4-10-39(42(51)47-27)50-43(52)35-9-7-31(19-36(35)44(50)53)49-24-28(25-49)26-55-15-3-14-54-16-17-56-32-20-33(21-32)57-41-11-6-30(22-46-41)29-5-8-34-37-23-45-13-12-38(37)48(2)40(34)18-29/h5-9,11-13,18-19,22-23,28,32-33,39H,1,3-4,10,14-17,20-21,24-26H2,2H3,(H,47,51). The zero-order chi connectivity index (χ0) is 39.0. The number of anilines is 1. The van der Waals surface area contributed by atoms with Crippen LogP contribution in [-0.4, -0.2) is 102 Å². The number of nitrogens with zero attached hydrogens (tertiary/aromatic N) is 5. The Hall–Kier alpha value is -5.63. The fourth-order valence-electron chi connectivity index (χ4n) is 8.29. The van der Waals surface area contributed by atoms with Crippen molar-refractivity contribution in [3.05, 3.63) is 96.6 Å². The van der Waals surface area contributed by atoms with Crippen molar-refractivity contribution in [2.75, 3.05) is 51.0 Å². The van der Waals surface area contributed by atoms with Gasteiger partial charge in [0, 0.05) is 110 Å². The second-order valence-corrected chi connectivity index (χ2v) is 15.4. The molecule has 5 aromatic rings. The molecule has 1 unspecified atom stereocenters. The van der Waals surface area contributed by atoms with E-state index in [0.29, 0.717) is 74.5 Å². The Morgan fingerprint density at radius 3 is 2.47 bits per heavy atom. The first kappa shape index (κ1) is 37.0. The van der Waals surface area contributed by atoms with E-state index in [4.69, 9.17) is 18.9 Å². The highest BCUT2D eigenvalue weighted by molar-refractivity contribution is 6.23. The van der Waals surface area contributed by atoms with Gasteiger partial charge in [-0.05, 0) is 61.2 Å². The highest BCUT2D eigenvalue weighted by atomic mass is 16.5. The summed E-state index contributed by atoms with van der Waals surface area (Å²) in [6.07, 6.45) is 9.30. The van der Waals surface area contributed by atoms with E-state index in [1.807, 2.05) is 36.8 Å². The molecule has 1 atom stereocenters. The molecule has 0 bridgehead atoms. The molecule has 13 nitrogen and oxygen atoms in total. The van der Waals surface area contributed by atoms with E-state index in [-0.39, 0.29) is 18.1 Å². The van der Waals surface area contributed by atoms with Gasteiger partial charge < -0.3 is 33.7 Å². The SMILES string of the molecule is C=C1CCC(N2C(=O)c3ccc(N4CC(COCCCOCCOC5CC(Oc6ccc(-c7ccc8c9cnccc9n(C)c8c7)cn6)C5)C4)cc3C2=O)C(=O)N1. The zero-order valence-electron chi connectivity index (χ0n) is 32.0. The van der Waals surface area contributed by atoms with E-state index >= 15 is 0 Å². The van der Waals surface area contributed by atoms with Gasteiger partial charge in [-0.15, -0.1) is 0 Å². The molecular weight excluding hydrogens is 725 g/mol. The van der Waals surface area contributed by atoms with Crippen LogP contribution < -0.4 is 15.0 Å². The number of ether oxygens (including phenoxy) is 4. The van der Waals surface area contributed by atoms with Gasteiger partial charge in [-0.3, -0.25) is 24.3 Å². The summed E-state index contributed by atoms with van der Waals surface area (Å²) in [7, 11) is 2.08. The molecular formula is C44H46N6O7. The van der Waals surface area contributed by atoms with Crippen molar-refractivity contribution in [1.82, 2.24) is 24.8 Å². The van der Waals surface area contributed by atoms with Gasteiger partial charge in [0.05, 0.1) is 42.6 Å². The highest BCUT2D eigenvalue weighted by Gasteiger charge is 2.44. The van der Waals surface area contributed by atoms with Crippen molar-refractivity contribution in [2.45, 2.75) is 50.4 Å². The summed E-state index contributed by atoms with van der Waals surface area (Å²) >= 11 is 0. The van der Waals surface area contributed by atoms with Crippen LogP contribution >= 0.6 is 0 Å². The first-order valence-corrected chi connectivity index (χ1v) is 19.8. The fraction of sp³-hybridized carbons (Fsp3) is 0.386. The van der Waals surface area contributed by atoms with Crippen molar-refractivity contribution in [3.63, 3.8) is 0 Å². The van der Waals surface area contributed by atoms with Crippen LogP contribution in [0.25, 0.3) is 32.9 Å². The number of nitrogens with one attached hydrogen (secondary N) is 1. The number of rotatable bonds is 15. The minimum atomic E-state index is -0.810. The number of hydrogen-bond donors (Lipinski definition) is 1. The smallest absolute Gasteiger partial charge is 0.262 e. The first-order valence-electron chi connectivity index (χ1n) is 19.8. The number of pyridine rings is 2. The van der Waals surface area contributed by atoms with Gasteiger partial charge >= 0.3 is 0 Å². The third-order valence-corrected chi connectivity index (χ3v) is 11.6. The molecule has 0 radical (unpaired) electrons. The Kier molecular flexibility index (Phi) is 10.2. The fourth-order valence-corrected chi connectivity index (χ4v) is 8.29. The van der Waals surface area contributed by atoms with Gasteiger partial charge in [0.1, 0.15) is 12.1 Å². The van der Waals surface area contributed by atoms with Crippen LogP contribution in [0.2, 0.25) is 0 Å². The van der Waals surface area contributed by atoms with Crippen molar-refractivity contribution >= 4 is 45.2 Å². The van der Waals surface area contributed by atoms with E-state index in [2.05, 4.69) is 62.6 Å². The van der Waals surface area contributed by atoms with Crippen molar-refractivity contribution < 1.29 is 33.3 Å². The van der Waals surface area contributed by atoms with Gasteiger partial charge in [-0.25, -0.2) is 4.98 Å². The van der Waals surface area contributed by atoms with Crippen LogP contribution in [0.15, 0.2) is 85.5 Å². The van der Waals surface area contributed by atoms with Gasteiger partial charge in [0.15, 0.2) is 0 Å². The summed E-state index contributed by atoms with van der Waals surface area (Å²) in [6.45, 7) is 8.38. The molecule has 294 valence electrons. The van der Waals surface area contributed by atoms with Gasteiger partial charge in [-0.2, -0.15) is 0 Å². The maximum absolute atomic E-state index is 13.2. The number of carbonyl (C=O) groups excluding carboxylic acids is 3. The molecule has 13 heteroatoms. The molecule has 2 saturated heterocycles. The molecule has 3 amide bonds. The molecule has 9 rings (SSSR count). The number of fused-ring (bicyclic) bond motifs is 4. The molecule has 0 spiro atoms. The number of benzene rings is 2.